The third kappa shape index (κ3) is 4.49. The van der Waals surface area contributed by atoms with Crippen molar-refractivity contribution in [2.45, 2.75) is 38.6 Å². The second kappa shape index (κ2) is 8.30. The Bertz CT molecular complexity index is 688. The van der Waals surface area contributed by atoms with Gasteiger partial charge in [0.1, 0.15) is 0 Å². The van der Waals surface area contributed by atoms with Crippen molar-refractivity contribution in [3.8, 4) is 0 Å². The quantitative estimate of drug-likeness (QED) is 0.905. The maximum atomic E-state index is 13.0. The molecule has 1 saturated heterocycles. The molecule has 132 valence electrons. The molecule has 1 fully saturated rings. The minimum atomic E-state index is 0.173. The van der Waals surface area contributed by atoms with E-state index in [1.54, 1.807) is 0 Å². The summed E-state index contributed by atoms with van der Waals surface area (Å²) in [6, 6.07) is 18.7. The monoisotopic (exact) mass is 336 g/mol. The first kappa shape index (κ1) is 17.7. The number of carbonyl (C=O) groups is 1. The Morgan fingerprint density at radius 2 is 1.68 bits per heavy atom. The highest BCUT2D eigenvalue weighted by Gasteiger charge is 2.26. The number of piperidine rings is 1. The van der Waals surface area contributed by atoms with E-state index in [0.717, 1.165) is 49.9 Å². The summed E-state index contributed by atoms with van der Waals surface area (Å²) in [6.07, 6.45) is 3.87. The normalized spacial score (nSPS) is 16.6. The molecule has 1 aliphatic heterocycles. The summed E-state index contributed by atoms with van der Waals surface area (Å²) in [5.41, 5.74) is 9.33. The summed E-state index contributed by atoms with van der Waals surface area (Å²) in [6.45, 7) is 3.71. The van der Waals surface area contributed by atoms with Gasteiger partial charge in [-0.1, -0.05) is 48.5 Å². The van der Waals surface area contributed by atoms with Crippen LogP contribution in [-0.2, 0) is 12.8 Å². The number of nitrogens with two attached hydrogens (primary N) is 1. The molecule has 3 heteroatoms. The molecule has 0 aliphatic carbocycles. The number of likely N-dealkylation sites (tertiary alicyclic amines) is 1. The average molecular weight is 336 g/mol. The van der Waals surface area contributed by atoms with E-state index in [0.29, 0.717) is 5.92 Å². The predicted molar refractivity (Wildman–Crippen MR) is 103 cm³/mol. The molecule has 1 heterocycles. The van der Waals surface area contributed by atoms with Crippen LogP contribution in [0.2, 0.25) is 0 Å². The first-order valence-electron chi connectivity index (χ1n) is 9.32. The molecule has 2 aromatic carbocycles. The van der Waals surface area contributed by atoms with Crippen molar-refractivity contribution >= 4 is 5.91 Å². The van der Waals surface area contributed by atoms with Crippen LogP contribution in [0, 0.1) is 5.92 Å². The lowest BCUT2D eigenvalue weighted by atomic mass is 9.90. The lowest BCUT2D eigenvalue weighted by Crippen LogP contribution is -2.42. The van der Waals surface area contributed by atoms with Gasteiger partial charge in [0.25, 0.3) is 5.91 Å². The van der Waals surface area contributed by atoms with Crippen LogP contribution in [0.3, 0.4) is 0 Å². The zero-order valence-electron chi connectivity index (χ0n) is 15.0. The lowest BCUT2D eigenvalue weighted by molar-refractivity contribution is 0.0680. The van der Waals surface area contributed by atoms with E-state index in [4.69, 9.17) is 5.73 Å². The summed E-state index contributed by atoms with van der Waals surface area (Å²) in [5.74, 6) is 0.712. The fourth-order valence-corrected chi connectivity index (χ4v) is 3.67. The zero-order chi connectivity index (χ0) is 17.6. The van der Waals surface area contributed by atoms with E-state index in [9.17, 15) is 4.79 Å². The molecule has 2 N–H and O–H groups in total. The number of amides is 1. The molecule has 0 aromatic heterocycles. The lowest BCUT2D eigenvalue weighted by Gasteiger charge is -2.34. The van der Waals surface area contributed by atoms with Crippen molar-refractivity contribution < 1.29 is 4.79 Å². The SMILES string of the molecule is CC(N)C1CCN(C(=O)c2ccccc2CCc2ccccc2)CC1. The van der Waals surface area contributed by atoms with Crippen LogP contribution in [0.15, 0.2) is 54.6 Å². The predicted octanol–water partition coefficient (Wildman–Crippen LogP) is 3.67. The number of hydrogen-bond donors (Lipinski definition) is 1. The van der Waals surface area contributed by atoms with E-state index in [-0.39, 0.29) is 11.9 Å². The minimum absolute atomic E-state index is 0.173. The molecule has 2 aromatic rings. The second-order valence-electron chi connectivity index (χ2n) is 7.13. The molecule has 1 unspecified atom stereocenters. The van der Waals surface area contributed by atoms with E-state index >= 15 is 0 Å². The van der Waals surface area contributed by atoms with Gasteiger partial charge in [-0.2, -0.15) is 0 Å². The summed E-state index contributed by atoms with van der Waals surface area (Å²) in [7, 11) is 0. The van der Waals surface area contributed by atoms with Crippen LogP contribution in [-0.4, -0.2) is 29.9 Å². The molecule has 3 rings (SSSR count). The largest absolute Gasteiger partial charge is 0.339 e. The highest BCUT2D eigenvalue weighted by molar-refractivity contribution is 5.95. The first-order chi connectivity index (χ1) is 12.1. The van der Waals surface area contributed by atoms with Crippen molar-refractivity contribution in [3.63, 3.8) is 0 Å². The number of hydrogen-bond acceptors (Lipinski definition) is 2. The van der Waals surface area contributed by atoms with Crippen LogP contribution in [0.25, 0.3) is 0 Å². The summed E-state index contributed by atoms with van der Waals surface area (Å²) < 4.78 is 0. The molecule has 3 nitrogen and oxygen atoms in total. The van der Waals surface area contributed by atoms with Gasteiger partial charge in [0.2, 0.25) is 0 Å². The summed E-state index contributed by atoms with van der Waals surface area (Å²) >= 11 is 0. The fourth-order valence-electron chi connectivity index (χ4n) is 3.67. The molecule has 1 amide bonds. The summed E-state index contributed by atoms with van der Waals surface area (Å²) in [4.78, 5) is 15.0. The molecular formula is C22H28N2O. The highest BCUT2D eigenvalue weighted by Crippen LogP contribution is 2.22. The van der Waals surface area contributed by atoms with E-state index in [2.05, 4.69) is 37.3 Å². The topological polar surface area (TPSA) is 46.3 Å². The van der Waals surface area contributed by atoms with Gasteiger partial charge in [0.15, 0.2) is 0 Å². The van der Waals surface area contributed by atoms with Gasteiger partial charge < -0.3 is 10.6 Å². The Morgan fingerprint density at radius 1 is 1.04 bits per heavy atom. The first-order valence-corrected chi connectivity index (χ1v) is 9.32. The van der Waals surface area contributed by atoms with Gasteiger partial charge in [-0.3, -0.25) is 4.79 Å². The van der Waals surface area contributed by atoms with Crippen LogP contribution >= 0.6 is 0 Å². The van der Waals surface area contributed by atoms with Gasteiger partial charge in [-0.05, 0) is 55.7 Å². The van der Waals surface area contributed by atoms with Gasteiger partial charge in [0.05, 0.1) is 0 Å². The fraction of sp³-hybridized carbons (Fsp3) is 0.409. The van der Waals surface area contributed by atoms with Crippen molar-refractivity contribution in [1.82, 2.24) is 4.90 Å². The van der Waals surface area contributed by atoms with E-state index in [1.807, 2.05) is 29.2 Å². The Morgan fingerprint density at radius 3 is 2.36 bits per heavy atom. The van der Waals surface area contributed by atoms with Crippen molar-refractivity contribution in [3.05, 3.63) is 71.3 Å². The molecule has 25 heavy (non-hydrogen) atoms. The van der Waals surface area contributed by atoms with Crippen LogP contribution in [0.4, 0.5) is 0 Å². The Hall–Kier alpha value is -2.13. The van der Waals surface area contributed by atoms with Gasteiger partial charge in [-0.15, -0.1) is 0 Å². The molecule has 1 atom stereocenters. The smallest absolute Gasteiger partial charge is 0.254 e. The Kier molecular flexibility index (Phi) is 5.87. The van der Waals surface area contributed by atoms with Crippen LogP contribution in [0.5, 0.6) is 0 Å². The molecule has 0 spiro atoms. The second-order valence-corrected chi connectivity index (χ2v) is 7.13. The van der Waals surface area contributed by atoms with Crippen molar-refractivity contribution in [1.29, 1.82) is 0 Å². The van der Waals surface area contributed by atoms with E-state index < -0.39 is 0 Å². The molecule has 0 bridgehead atoms. The maximum Gasteiger partial charge on any atom is 0.254 e. The maximum absolute atomic E-state index is 13.0. The van der Waals surface area contributed by atoms with Crippen LogP contribution < -0.4 is 5.73 Å². The standard InChI is InChI=1S/C22H28N2O/c1-17(23)19-13-15-24(16-14-19)22(25)21-10-6-5-9-20(21)12-11-18-7-3-2-4-8-18/h2-10,17,19H,11-16,23H2,1H3. The average Bonchev–Trinajstić information content (AvgIpc) is 2.67. The molecular weight excluding hydrogens is 308 g/mol. The number of rotatable bonds is 5. The zero-order valence-corrected chi connectivity index (χ0v) is 15.0. The third-order valence-electron chi connectivity index (χ3n) is 5.34. The number of benzene rings is 2. The molecule has 0 saturated carbocycles. The van der Waals surface area contributed by atoms with Crippen molar-refractivity contribution in [2.24, 2.45) is 11.7 Å². The number of nitrogens with zero attached hydrogens (tertiary/aromatic N) is 1. The number of carbonyl (C=O) groups excluding carboxylic acids is 1. The minimum Gasteiger partial charge on any atom is -0.339 e. The van der Waals surface area contributed by atoms with Gasteiger partial charge in [-0.25, -0.2) is 0 Å². The highest BCUT2D eigenvalue weighted by atomic mass is 16.2. The van der Waals surface area contributed by atoms with Crippen LogP contribution in [0.1, 0.15) is 41.3 Å². The summed E-state index contributed by atoms with van der Waals surface area (Å²) in [5, 5.41) is 0. The molecule has 1 aliphatic rings. The molecule has 0 radical (unpaired) electrons. The Balaban J connectivity index is 1.67. The van der Waals surface area contributed by atoms with E-state index in [1.165, 1.54) is 5.56 Å². The third-order valence-corrected chi connectivity index (χ3v) is 5.34. The van der Waals surface area contributed by atoms with Crippen molar-refractivity contribution in [2.75, 3.05) is 13.1 Å². The van der Waals surface area contributed by atoms with Gasteiger partial charge in [0, 0.05) is 24.7 Å². The number of aryl methyl sites for hydroxylation is 2. The Labute approximate surface area is 150 Å². The van der Waals surface area contributed by atoms with Gasteiger partial charge >= 0.3 is 0 Å².